The quantitative estimate of drug-likeness (QED) is 0.684. The van der Waals surface area contributed by atoms with E-state index in [9.17, 15) is 19.8 Å². The van der Waals surface area contributed by atoms with Crippen molar-refractivity contribution in [3.05, 3.63) is 68.7 Å². The van der Waals surface area contributed by atoms with Gasteiger partial charge in [-0.1, -0.05) is 24.3 Å². The van der Waals surface area contributed by atoms with Gasteiger partial charge >= 0.3 is 0 Å². The monoisotopic (exact) mass is 424 g/mol. The molecule has 134 valence electrons. The molecule has 6 rings (SSSR count). The molecule has 27 heavy (non-hydrogen) atoms. The fraction of sp³-hybridized carbons (Fsp3) is 0.143. The molecule has 2 aromatic rings. The van der Waals surface area contributed by atoms with Gasteiger partial charge in [-0.15, -0.1) is 0 Å². The molecule has 0 spiro atoms. The summed E-state index contributed by atoms with van der Waals surface area (Å²) in [6, 6.07) is 7.47. The second-order valence-corrected chi connectivity index (χ2v) is 7.56. The maximum absolute atomic E-state index is 12.7. The summed E-state index contributed by atoms with van der Waals surface area (Å²) in [5, 5.41) is 21.8. The van der Waals surface area contributed by atoms with Crippen molar-refractivity contribution in [1.29, 1.82) is 0 Å². The van der Waals surface area contributed by atoms with Crippen LogP contribution in [0.5, 0.6) is 17.2 Å². The van der Waals surface area contributed by atoms with E-state index in [4.69, 9.17) is 4.74 Å². The van der Waals surface area contributed by atoms with E-state index in [1.807, 2.05) is 24.3 Å². The number of ether oxygens (including phenoxy) is 1. The Morgan fingerprint density at radius 3 is 2.52 bits per heavy atom. The summed E-state index contributed by atoms with van der Waals surface area (Å²) < 4.78 is 5.48. The lowest BCUT2D eigenvalue weighted by atomic mass is 9.58. The topological polar surface area (TPSA) is 83.8 Å². The maximum Gasteiger partial charge on any atom is 0.183 e. The second-order valence-electron chi connectivity index (χ2n) is 6.76. The van der Waals surface area contributed by atoms with Gasteiger partial charge in [0.2, 0.25) is 0 Å². The number of rotatable bonds is 1. The first-order valence-corrected chi connectivity index (χ1v) is 9.18. The Labute approximate surface area is 162 Å². The van der Waals surface area contributed by atoms with Gasteiger partial charge in [0, 0.05) is 28.2 Å². The van der Waals surface area contributed by atoms with Crippen molar-refractivity contribution in [2.75, 3.05) is 7.11 Å². The van der Waals surface area contributed by atoms with E-state index in [1.54, 1.807) is 0 Å². The smallest absolute Gasteiger partial charge is 0.183 e. The van der Waals surface area contributed by atoms with Crippen LogP contribution in [0.3, 0.4) is 0 Å². The van der Waals surface area contributed by atoms with Crippen LogP contribution in [0, 0.1) is 5.92 Å². The third-order valence-electron chi connectivity index (χ3n) is 5.60. The molecule has 0 aromatic heterocycles. The minimum Gasteiger partial charge on any atom is -0.506 e. The van der Waals surface area contributed by atoms with Crippen molar-refractivity contribution in [2.45, 2.75) is 5.92 Å². The van der Waals surface area contributed by atoms with Crippen molar-refractivity contribution >= 4 is 33.1 Å². The lowest BCUT2D eigenvalue weighted by Crippen LogP contribution is -2.38. The normalized spacial score (nSPS) is 21.9. The molecular weight excluding hydrogens is 412 g/mol. The molecule has 0 saturated heterocycles. The lowest BCUT2D eigenvalue weighted by Gasteiger charge is -2.43. The molecule has 0 heterocycles. The van der Waals surface area contributed by atoms with E-state index in [1.165, 1.54) is 19.3 Å². The van der Waals surface area contributed by atoms with Crippen LogP contribution in [0.1, 0.15) is 28.2 Å². The Morgan fingerprint density at radius 1 is 1.04 bits per heavy atom. The van der Waals surface area contributed by atoms with Crippen LogP contribution in [-0.4, -0.2) is 28.9 Å². The zero-order valence-electron chi connectivity index (χ0n) is 14.1. The van der Waals surface area contributed by atoms with Gasteiger partial charge < -0.3 is 14.9 Å². The first-order valence-electron chi connectivity index (χ1n) is 8.38. The summed E-state index contributed by atoms with van der Waals surface area (Å²) in [6.07, 6.45) is 2.58. The summed E-state index contributed by atoms with van der Waals surface area (Å²) in [4.78, 5) is 25.5. The van der Waals surface area contributed by atoms with Gasteiger partial charge in [-0.2, -0.15) is 0 Å². The predicted molar refractivity (Wildman–Crippen MR) is 101 cm³/mol. The average molecular weight is 425 g/mol. The van der Waals surface area contributed by atoms with Crippen LogP contribution in [0.25, 0.3) is 5.57 Å². The summed E-state index contributed by atoms with van der Waals surface area (Å²) >= 11 is 3.28. The SMILES string of the molecule is COc1c(O)c2c(c(O)c1Br)C1c3ccccc3C2=C2C(=O)C=CC(=O)C21. The number of carbonyl (C=O) groups excluding carboxylic acids is 2. The van der Waals surface area contributed by atoms with E-state index < -0.39 is 11.8 Å². The van der Waals surface area contributed by atoms with Crippen molar-refractivity contribution in [2.24, 2.45) is 5.92 Å². The zero-order chi connectivity index (χ0) is 19.0. The Hall–Kier alpha value is -2.86. The molecule has 0 fully saturated rings. The molecule has 2 N–H and O–H groups in total. The van der Waals surface area contributed by atoms with Crippen molar-refractivity contribution in [3.8, 4) is 17.2 Å². The van der Waals surface area contributed by atoms with Crippen molar-refractivity contribution in [1.82, 2.24) is 0 Å². The van der Waals surface area contributed by atoms with Gasteiger partial charge in [-0.25, -0.2) is 0 Å². The minimum atomic E-state index is -0.703. The number of halogens is 1. The highest BCUT2D eigenvalue weighted by Crippen LogP contribution is 2.63. The Balaban J connectivity index is 2.01. The van der Waals surface area contributed by atoms with Crippen LogP contribution < -0.4 is 4.74 Å². The van der Waals surface area contributed by atoms with Crippen LogP contribution >= 0.6 is 15.9 Å². The molecule has 0 aliphatic heterocycles. The van der Waals surface area contributed by atoms with Gasteiger partial charge in [0.25, 0.3) is 0 Å². The van der Waals surface area contributed by atoms with Gasteiger partial charge in [0.1, 0.15) is 10.2 Å². The van der Waals surface area contributed by atoms with E-state index in [-0.39, 0.29) is 33.3 Å². The summed E-state index contributed by atoms with van der Waals surface area (Å²) in [7, 11) is 1.39. The molecule has 0 amide bonds. The number of phenolic OH excluding ortho intramolecular Hbond substituents is 2. The molecule has 4 aliphatic rings. The minimum absolute atomic E-state index is 0.0889. The fourth-order valence-corrected chi connectivity index (χ4v) is 5.16. The fourth-order valence-electron chi connectivity index (χ4n) is 4.60. The summed E-state index contributed by atoms with van der Waals surface area (Å²) in [6.45, 7) is 0. The van der Waals surface area contributed by atoms with Crippen LogP contribution in [0.4, 0.5) is 0 Å². The number of aromatic hydroxyl groups is 2. The largest absolute Gasteiger partial charge is 0.506 e. The molecule has 2 aromatic carbocycles. The van der Waals surface area contributed by atoms with Gasteiger partial charge in [0.15, 0.2) is 23.1 Å². The number of allylic oxidation sites excluding steroid dienone is 3. The van der Waals surface area contributed by atoms with Crippen LogP contribution in [0.2, 0.25) is 0 Å². The van der Waals surface area contributed by atoms with Gasteiger partial charge in [-0.3, -0.25) is 9.59 Å². The molecule has 4 aliphatic carbocycles. The van der Waals surface area contributed by atoms with Crippen LogP contribution in [-0.2, 0) is 9.59 Å². The number of benzene rings is 2. The third kappa shape index (κ3) is 1.83. The van der Waals surface area contributed by atoms with E-state index in [0.717, 1.165) is 11.1 Å². The first kappa shape index (κ1) is 16.3. The number of hydrogen-bond donors (Lipinski definition) is 2. The van der Waals surface area contributed by atoms with Gasteiger partial charge in [0.05, 0.1) is 13.0 Å². The third-order valence-corrected chi connectivity index (χ3v) is 6.33. The second kappa shape index (κ2) is 5.33. The lowest BCUT2D eigenvalue weighted by molar-refractivity contribution is -0.121. The first-order chi connectivity index (χ1) is 13.0. The molecule has 0 radical (unpaired) electrons. The number of hydrogen-bond acceptors (Lipinski definition) is 5. The van der Waals surface area contributed by atoms with Crippen molar-refractivity contribution < 1.29 is 24.5 Å². The van der Waals surface area contributed by atoms with E-state index in [2.05, 4.69) is 15.9 Å². The predicted octanol–water partition coefficient (Wildman–Crippen LogP) is 3.45. The number of ketones is 2. The molecule has 2 atom stereocenters. The van der Waals surface area contributed by atoms with E-state index >= 15 is 0 Å². The number of phenols is 2. The maximum atomic E-state index is 12.7. The van der Waals surface area contributed by atoms with E-state index in [0.29, 0.717) is 22.3 Å². The number of carbonyl (C=O) groups is 2. The highest BCUT2D eigenvalue weighted by atomic mass is 79.9. The number of methoxy groups -OCH3 is 1. The molecule has 0 saturated carbocycles. The van der Waals surface area contributed by atoms with Crippen molar-refractivity contribution in [3.63, 3.8) is 0 Å². The zero-order valence-corrected chi connectivity index (χ0v) is 15.7. The molecule has 2 unspecified atom stereocenters. The highest BCUT2D eigenvalue weighted by molar-refractivity contribution is 9.10. The summed E-state index contributed by atoms with van der Waals surface area (Å²) in [5.41, 5.74) is 3.32. The highest BCUT2D eigenvalue weighted by Gasteiger charge is 2.51. The molecule has 6 heteroatoms. The molecule has 2 bridgehead atoms. The molecular formula is C21H13BrO5. The Kier molecular flexibility index (Phi) is 3.22. The van der Waals surface area contributed by atoms with Crippen LogP contribution in [0.15, 0.2) is 46.5 Å². The average Bonchev–Trinajstić information content (AvgIpc) is 2.68. The standard InChI is InChI=1S/C21H13BrO5/c1-27-21-18(22)19(25)16-12-8-4-2-3-5-9(8)13(17(16)20(21)26)15-11(24)7-6-10(23)14(12)15/h2-7,12,14,25-26H,1H3. The Bertz CT molecular complexity index is 1140. The summed E-state index contributed by atoms with van der Waals surface area (Å²) in [5.74, 6) is -1.86. The van der Waals surface area contributed by atoms with Gasteiger partial charge in [-0.05, 0) is 39.2 Å². The Morgan fingerprint density at radius 2 is 1.78 bits per heavy atom. The molecule has 5 nitrogen and oxygen atoms in total.